The van der Waals surface area contributed by atoms with Crippen LogP contribution in [0.3, 0.4) is 0 Å². The van der Waals surface area contributed by atoms with E-state index in [1.54, 1.807) is 11.3 Å². The van der Waals surface area contributed by atoms with E-state index in [0.717, 1.165) is 58.5 Å². The molecule has 1 saturated carbocycles. The van der Waals surface area contributed by atoms with Crippen LogP contribution in [0.25, 0.3) is 20.8 Å². The van der Waals surface area contributed by atoms with Gasteiger partial charge in [0.05, 0.1) is 22.3 Å². The summed E-state index contributed by atoms with van der Waals surface area (Å²) >= 11 is 2.99. The van der Waals surface area contributed by atoms with Gasteiger partial charge in [0.2, 0.25) is 5.91 Å². The zero-order valence-electron chi connectivity index (χ0n) is 20.6. The van der Waals surface area contributed by atoms with E-state index in [9.17, 15) is 9.59 Å². The molecule has 1 aromatic carbocycles. The van der Waals surface area contributed by atoms with Crippen LogP contribution in [0.5, 0.6) is 0 Å². The maximum Gasteiger partial charge on any atom is 0.266 e. The Morgan fingerprint density at radius 1 is 1.05 bits per heavy atom. The third kappa shape index (κ3) is 4.64. The van der Waals surface area contributed by atoms with Crippen molar-refractivity contribution in [1.82, 2.24) is 15.2 Å². The van der Waals surface area contributed by atoms with Gasteiger partial charge in [-0.05, 0) is 54.0 Å². The first-order valence-corrected chi connectivity index (χ1v) is 14.7. The molecule has 1 aliphatic carbocycles. The molecule has 2 amide bonds. The highest BCUT2D eigenvalue weighted by Gasteiger charge is 2.34. The number of carbonyl (C=O) groups excluding carboxylic acids is 2. The van der Waals surface area contributed by atoms with E-state index in [2.05, 4.69) is 17.4 Å². The second-order valence-corrected chi connectivity index (χ2v) is 11.9. The Bertz CT molecular complexity index is 1440. The summed E-state index contributed by atoms with van der Waals surface area (Å²) < 4.78 is 0. The van der Waals surface area contributed by atoms with Gasteiger partial charge in [0.15, 0.2) is 0 Å². The van der Waals surface area contributed by atoms with Gasteiger partial charge in [-0.3, -0.25) is 9.59 Å². The van der Waals surface area contributed by atoms with Crippen LogP contribution in [-0.4, -0.2) is 34.8 Å². The predicted octanol–water partition coefficient (Wildman–Crippen LogP) is 6.04. The second-order valence-electron chi connectivity index (χ2n) is 9.91. The van der Waals surface area contributed by atoms with Crippen molar-refractivity contribution in [2.24, 2.45) is 5.92 Å². The lowest BCUT2D eigenvalue weighted by molar-refractivity contribution is -0.126. The zero-order valence-corrected chi connectivity index (χ0v) is 22.2. The van der Waals surface area contributed by atoms with Crippen LogP contribution < -0.4 is 11.1 Å². The molecule has 1 fully saturated rings. The van der Waals surface area contributed by atoms with Crippen LogP contribution in [0.1, 0.15) is 58.9 Å². The number of nitrogens with two attached hydrogens (primary N) is 1. The summed E-state index contributed by atoms with van der Waals surface area (Å²) in [7, 11) is 0. The predicted molar refractivity (Wildman–Crippen MR) is 151 cm³/mol. The van der Waals surface area contributed by atoms with E-state index in [1.165, 1.54) is 23.3 Å². The van der Waals surface area contributed by atoms with Gasteiger partial charge in [0.1, 0.15) is 9.71 Å². The highest BCUT2D eigenvalue weighted by Crippen LogP contribution is 2.38. The highest BCUT2D eigenvalue weighted by atomic mass is 32.1. The molecule has 0 saturated heterocycles. The lowest BCUT2D eigenvalue weighted by Crippen LogP contribution is -2.46. The van der Waals surface area contributed by atoms with Gasteiger partial charge in [-0.2, -0.15) is 0 Å². The number of nitrogens with one attached hydrogen (secondary N) is 1. The van der Waals surface area contributed by atoms with E-state index in [0.29, 0.717) is 23.7 Å². The second kappa shape index (κ2) is 10.3. The van der Waals surface area contributed by atoms with Crippen molar-refractivity contribution in [3.63, 3.8) is 0 Å². The molecule has 8 heteroatoms. The molecule has 3 aromatic heterocycles. The molecule has 1 atom stereocenters. The SMILES string of the molecule is Nc1c(C(=O)N2CCc3ccccc3[C@H]2CNC(=O)C2CCCCC2)sc2nc(-c3cccs3)ccc12. The minimum absolute atomic E-state index is 0.0820. The van der Waals surface area contributed by atoms with Crippen LogP contribution >= 0.6 is 22.7 Å². The van der Waals surface area contributed by atoms with Crippen LogP contribution in [0.2, 0.25) is 0 Å². The maximum absolute atomic E-state index is 14.0. The number of fused-ring (bicyclic) bond motifs is 2. The Hall–Kier alpha value is -3.23. The van der Waals surface area contributed by atoms with Crippen LogP contribution in [0.4, 0.5) is 5.69 Å². The number of anilines is 1. The first kappa shape index (κ1) is 24.1. The maximum atomic E-state index is 14.0. The van der Waals surface area contributed by atoms with Gasteiger partial charge in [0.25, 0.3) is 5.91 Å². The van der Waals surface area contributed by atoms with Crippen molar-refractivity contribution in [2.45, 2.75) is 44.6 Å². The lowest BCUT2D eigenvalue weighted by Gasteiger charge is -2.37. The van der Waals surface area contributed by atoms with Gasteiger partial charge in [-0.25, -0.2) is 4.98 Å². The van der Waals surface area contributed by atoms with Crippen LogP contribution in [0.15, 0.2) is 53.9 Å². The van der Waals surface area contributed by atoms with E-state index >= 15 is 0 Å². The summed E-state index contributed by atoms with van der Waals surface area (Å²) in [4.78, 5) is 36.0. The number of thiophene rings is 2. The van der Waals surface area contributed by atoms with Gasteiger partial charge in [0, 0.05) is 24.4 Å². The molecule has 37 heavy (non-hydrogen) atoms. The van der Waals surface area contributed by atoms with Crippen molar-refractivity contribution in [1.29, 1.82) is 0 Å². The fraction of sp³-hybridized carbons (Fsp3) is 0.345. The van der Waals surface area contributed by atoms with Crippen LogP contribution in [0, 0.1) is 5.92 Å². The minimum atomic E-state index is -0.232. The Morgan fingerprint density at radius 3 is 2.70 bits per heavy atom. The minimum Gasteiger partial charge on any atom is -0.397 e. The van der Waals surface area contributed by atoms with E-state index in [1.807, 2.05) is 46.7 Å². The summed E-state index contributed by atoms with van der Waals surface area (Å²) in [6.07, 6.45) is 6.12. The van der Waals surface area contributed by atoms with Crippen molar-refractivity contribution in [2.75, 3.05) is 18.8 Å². The average molecular weight is 531 g/mol. The fourth-order valence-corrected chi connectivity index (χ4v) is 7.41. The number of benzene rings is 1. The summed E-state index contributed by atoms with van der Waals surface area (Å²) in [6, 6.07) is 16.0. The Balaban J connectivity index is 1.29. The van der Waals surface area contributed by atoms with Gasteiger partial charge >= 0.3 is 0 Å². The largest absolute Gasteiger partial charge is 0.397 e. The lowest BCUT2D eigenvalue weighted by atomic mass is 9.88. The quantitative estimate of drug-likeness (QED) is 0.329. The number of hydrogen-bond acceptors (Lipinski definition) is 6. The molecule has 0 bridgehead atoms. The third-order valence-corrected chi connectivity index (χ3v) is 9.68. The van der Waals surface area contributed by atoms with E-state index in [-0.39, 0.29) is 23.8 Å². The Kier molecular flexibility index (Phi) is 6.69. The summed E-state index contributed by atoms with van der Waals surface area (Å²) in [5.74, 6) is 0.102. The molecular weight excluding hydrogens is 500 g/mol. The molecule has 4 aromatic rings. The molecule has 0 radical (unpaired) electrons. The third-order valence-electron chi connectivity index (χ3n) is 7.68. The molecular formula is C29H30N4O2S2. The van der Waals surface area contributed by atoms with Crippen molar-refractivity contribution >= 4 is 50.4 Å². The molecule has 0 spiro atoms. The average Bonchev–Trinajstić information content (AvgIpc) is 3.60. The normalized spacial score (nSPS) is 18.1. The van der Waals surface area contributed by atoms with Crippen molar-refractivity contribution in [3.05, 3.63) is 69.9 Å². The molecule has 1 aliphatic heterocycles. The number of rotatable bonds is 5. The zero-order chi connectivity index (χ0) is 25.4. The van der Waals surface area contributed by atoms with Gasteiger partial charge in [-0.1, -0.05) is 49.6 Å². The number of aromatic nitrogens is 1. The summed E-state index contributed by atoms with van der Waals surface area (Å²) in [5, 5.41) is 6.03. The highest BCUT2D eigenvalue weighted by molar-refractivity contribution is 7.21. The molecule has 2 aliphatic rings. The van der Waals surface area contributed by atoms with Gasteiger partial charge in [-0.15, -0.1) is 22.7 Å². The van der Waals surface area contributed by atoms with E-state index < -0.39 is 0 Å². The fourth-order valence-electron chi connectivity index (χ4n) is 5.67. The smallest absolute Gasteiger partial charge is 0.266 e. The first-order chi connectivity index (χ1) is 18.1. The summed E-state index contributed by atoms with van der Waals surface area (Å²) in [5.41, 5.74) is 10.2. The monoisotopic (exact) mass is 530 g/mol. The number of nitrogen functional groups attached to an aromatic ring is 1. The van der Waals surface area contributed by atoms with Crippen molar-refractivity contribution < 1.29 is 9.59 Å². The Morgan fingerprint density at radius 2 is 1.89 bits per heavy atom. The van der Waals surface area contributed by atoms with Gasteiger partial charge < -0.3 is 16.0 Å². The Labute approximate surface area is 224 Å². The number of pyridine rings is 1. The molecule has 6 nitrogen and oxygen atoms in total. The number of hydrogen-bond donors (Lipinski definition) is 2. The van der Waals surface area contributed by atoms with Crippen LogP contribution in [-0.2, 0) is 11.2 Å². The van der Waals surface area contributed by atoms with Crippen molar-refractivity contribution in [3.8, 4) is 10.6 Å². The number of carbonyl (C=O) groups is 2. The molecule has 6 rings (SSSR count). The topological polar surface area (TPSA) is 88.3 Å². The first-order valence-electron chi connectivity index (χ1n) is 13.0. The standard InChI is InChI=1S/C29H30N4O2S2/c30-25-21-12-13-22(24-11-6-16-36-24)32-28(21)37-26(25)29(35)33-15-14-18-7-4-5-10-20(18)23(33)17-31-27(34)19-8-2-1-3-9-19/h4-7,10-13,16,19,23H,1-3,8-9,14-15,17,30H2,(H,31,34)/t23-/m1/s1. The number of nitrogens with zero attached hydrogens (tertiary/aromatic N) is 2. The van der Waals surface area contributed by atoms with E-state index in [4.69, 9.17) is 10.7 Å². The molecule has 3 N–H and O–H groups in total. The number of amides is 2. The summed E-state index contributed by atoms with van der Waals surface area (Å²) in [6.45, 7) is 0.991. The molecule has 4 heterocycles. The molecule has 190 valence electrons. The molecule has 0 unspecified atom stereocenters.